The topological polar surface area (TPSA) is 60.5 Å². The molecule has 2 aromatic rings. The summed E-state index contributed by atoms with van der Waals surface area (Å²) in [4.78, 5) is 15.4. The van der Waals surface area contributed by atoms with Crippen LogP contribution in [0.5, 0.6) is 0 Å². The number of hydrogen-bond acceptors (Lipinski definition) is 4. The van der Waals surface area contributed by atoms with E-state index in [1.54, 1.807) is 39.0 Å². The van der Waals surface area contributed by atoms with Crippen LogP contribution in [-0.4, -0.2) is 29.8 Å². The summed E-state index contributed by atoms with van der Waals surface area (Å²) in [7, 11) is 0. The fourth-order valence-corrected chi connectivity index (χ4v) is 3.26. The molecule has 0 fully saturated rings. The quantitative estimate of drug-likeness (QED) is 0.784. The molecule has 29 heavy (non-hydrogen) atoms. The summed E-state index contributed by atoms with van der Waals surface area (Å²) in [5.41, 5.74) is 1.37. The van der Waals surface area contributed by atoms with Gasteiger partial charge in [0.2, 0.25) is 0 Å². The van der Waals surface area contributed by atoms with Crippen LogP contribution in [0.3, 0.4) is 0 Å². The van der Waals surface area contributed by atoms with E-state index in [1.807, 2.05) is 6.07 Å². The van der Waals surface area contributed by atoms with Crippen LogP contribution in [0.15, 0.2) is 36.5 Å². The molecule has 1 N–H and O–H groups in total. The number of benzene rings is 1. The van der Waals surface area contributed by atoms with Gasteiger partial charge in [-0.05, 0) is 61.6 Å². The number of carbonyl (C=O) groups excluding carboxylic acids is 1. The highest BCUT2D eigenvalue weighted by Gasteiger charge is 2.33. The summed E-state index contributed by atoms with van der Waals surface area (Å²) in [5, 5.41) is 2.69. The number of nitrogens with one attached hydrogen (secondary N) is 1. The molecule has 1 amide bonds. The van der Waals surface area contributed by atoms with Gasteiger partial charge in [-0.2, -0.15) is 13.2 Å². The second kappa shape index (κ2) is 8.02. The van der Waals surface area contributed by atoms with Crippen molar-refractivity contribution in [3.05, 3.63) is 53.3 Å². The van der Waals surface area contributed by atoms with Crippen LogP contribution in [0.1, 0.15) is 43.7 Å². The molecule has 0 radical (unpaired) electrons. The Kier molecular flexibility index (Phi) is 5.84. The number of hydrogen-bond donors (Lipinski definition) is 1. The van der Waals surface area contributed by atoms with E-state index < -0.39 is 29.7 Å². The zero-order chi connectivity index (χ0) is 21.2. The van der Waals surface area contributed by atoms with Crippen molar-refractivity contribution in [2.45, 2.75) is 45.1 Å². The van der Waals surface area contributed by atoms with Crippen LogP contribution in [-0.2, 0) is 22.1 Å². The Morgan fingerprint density at radius 2 is 2.03 bits per heavy atom. The normalized spacial score (nSPS) is 16.8. The third-order valence-electron chi connectivity index (χ3n) is 4.42. The highest BCUT2D eigenvalue weighted by atomic mass is 19.4. The Morgan fingerprint density at radius 1 is 1.28 bits per heavy atom. The Hall–Kier alpha value is -2.61. The molecule has 8 heteroatoms. The smallest absolute Gasteiger partial charge is 0.433 e. The van der Waals surface area contributed by atoms with Crippen molar-refractivity contribution in [1.29, 1.82) is 0 Å². The second-order valence-corrected chi connectivity index (χ2v) is 7.79. The Balaban J connectivity index is 1.85. The first kappa shape index (κ1) is 21.1. The van der Waals surface area contributed by atoms with Crippen LogP contribution in [0.4, 0.5) is 18.0 Å². The highest BCUT2D eigenvalue weighted by molar-refractivity contribution is 5.70. The average molecular weight is 408 g/mol. The zero-order valence-electron chi connectivity index (χ0n) is 16.5. The van der Waals surface area contributed by atoms with Crippen LogP contribution < -0.4 is 5.32 Å². The van der Waals surface area contributed by atoms with Crippen LogP contribution in [0.25, 0.3) is 11.1 Å². The maximum Gasteiger partial charge on any atom is 0.433 e. The summed E-state index contributed by atoms with van der Waals surface area (Å²) < 4.78 is 50.2. The molecular formula is C21H23F3N2O3. The molecule has 156 valence electrons. The van der Waals surface area contributed by atoms with Crippen molar-refractivity contribution in [1.82, 2.24) is 10.3 Å². The molecule has 1 aromatic carbocycles. The van der Waals surface area contributed by atoms with E-state index in [9.17, 15) is 18.0 Å². The Labute approximate surface area is 167 Å². The zero-order valence-corrected chi connectivity index (χ0v) is 16.5. The number of fused-ring (bicyclic) bond motifs is 1. The minimum Gasteiger partial charge on any atom is -0.444 e. The molecule has 1 aliphatic heterocycles. The second-order valence-electron chi connectivity index (χ2n) is 7.79. The minimum atomic E-state index is -4.51. The standard InChI is InChI=1S/C21H23F3N2O3/c1-20(2,3)29-19(27)26-12-17-16-6-4-5-14(15(16)8-10-28-17)13-7-9-25-18(11-13)21(22,23)24/h4-7,9,11,17H,8,10,12H2,1-3H3,(H,26,27). The number of pyridine rings is 1. The first-order valence-corrected chi connectivity index (χ1v) is 9.28. The number of alkyl halides is 3. The summed E-state index contributed by atoms with van der Waals surface area (Å²) in [6, 6.07) is 8.05. The molecule has 0 saturated carbocycles. The summed E-state index contributed by atoms with van der Waals surface area (Å²) in [6.45, 7) is 5.93. The van der Waals surface area contributed by atoms with Gasteiger partial charge in [0, 0.05) is 6.20 Å². The van der Waals surface area contributed by atoms with E-state index in [0.29, 0.717) is 24.2 Å². The molecule has 1 aromatic heterocycles. The van der Waals surface area contributed by atoms with Crippen LogP contribution in [0, 0.1) is 0 Å². The number of rotatable bonds is 3. The van der Waals surface area contributed by atoms with Gasteiger partial charge in [-0.25, -0.2) is 4.79 Å². The molecule has 1 aliphatic rings. The lowest BCUT2D eigenvalue weighted by atomic mass is 9.89. The summed E-state index contributed by atoms with van der Waals surface area (Å²) in [5.74, 6) is 0. The molecular weight excluding hydrogens is 385 g/mol. The van der Waals surface area contributed by atoms with E-state index in [2.05, 4.69) is 10.3 Å². The van der Waals surface area contributed by atoms with Gasteiger partial charge in [-0.1, -0.05) is 18.2 Å². The maximum absolute atomic E-state index is 13.0. The van der Waals surface area contributed by atoms with E-state index in [0.717, 1.165) is 17.2 Å². The van der Waals surface area contributed by atoms with Crippen LogP contribution >= 0.6 is 0 Å². The number of aromatic nitrogens is 1. The molecule has 1 atom stereocenters. The summed E-state index contributed by atoms with van der Waals surface area (Å²) in [6.07, 6.45) is -3.73. The molecule has 0 bridgehead atoms. The van der Waals surface area contributed by atoms with Crippen molar-refractivity contribution in [3.8, 4) is 11.1 Å². The number of ether oxygens (including phenoxy) is 2. The van der Waals surface area contributed by atoms with Gasteiger partial charge >= 0.3 is 12.3 Å². The van der Waals surface area contributed by atoms with Gasteiger partial charge in [0.25, 0.3) is 0 Å². The first-order valence-electron chi connectivity index (χ1n) is 9.28. The lowest BCUT2D eigenvalue weighted by molar-refractivity contribution is -0.141. The molecule has 3 rings (SSSR count). The van der Waals surface area contributed by atoms with Crippen molar-refractivity contribution in [2.24, 2.45) is 0 Å². The van der Waals surface area contributed by atoms with Gasteiger partial charge in [-0.15, -0.1) is 0 Å². The van der Waals surface area contributed by atoms with Gasteiger partial charge in [0.05, 0.1) is 13.2 Å². The molecule has 5 nitrogen and oxygen atoms in total. The van der Waals surface area contributed by atoms with Gasteiger partial charge in [0.15, 0.2) is 0 Å². The van der Waals surface area contributed by atoms with Gasteiger partial charge in [-0.3, -0.25) is 4.98 Å². The van der Waals surface area contributed by atoms with E-state index in [1.165, 1.54) is 6.20 Å². The fraction of sp³-hybridized carbons (Fsp3) is 0.429. The predicted molar refractivity (Wildman–Crippen MR) is 101 cm³/mol. The van der Waals surface area contributed by atoms with Crippen molar-refractivity contribution < 1.29 is 27.4 Å². The number of carbonyl (C=O) groups is 1. The molecule has 0 spiro atoms. The number of amides is 1. The SMILES string of the molecule is CC(C)(C)OC(=O)NCC1OCCc2c(-c3ccnc(C(F)(F)F)c3)cccc21. The lowest BCUT2D eigenvalue weighted by Gasteiger charge is -2.28. The van der Waals surface area contributed by atoms with Gasteiger partial charge in [0.1, 0.15) is 17.4 Å². The molecule has 0 aliphatic carbocycles. The predicted octanol–water partition coefficient (Wildman–Crippen LogP) is 4.91. The Morgan fingerprint density at radius 3 is 2.72 bits per heavy atom. The minimum absolute atomic E-state index is 0.204. The van der Waals surface area contributed by atoms with Crippen LogP contribution in [0.2, 0.25) is 0 Å². The molecule has 2 heterocycles. The van der Waals surface area contributed by atoms with E-state index in [-0.39, 0.29) is 6.54 Å². The Bertz CT molecular complexity index is 891. The van der Waals surface area contributed by atoms with E-state index >= 15 is 0 Å². The maximum atomic E-state index is 13.0. The molecule has 1 unspecified atom stereocenters. The number of alkyl carbamates (subject to hydrolysis) is 1. The average Bonchev–Trinajstić information content (AvgIpc) is 2.64. The van der Waals surface area contributed by atoms with Crippen molar-refractivity contribution in [2.75, 3.05) is 13.2 Å². The monoisotopic (exact) mass is 408 g/mol. The summed E-state index contributed by atoms with van der Waals surface area (Å²) >= 11 is 0. The first-order chi connectivity index (χ1) is 13.5. The fourth-order valence-electron chi connectivity index (χ4n) is 3.26. The molecule has 0 saturated heterocycles. The number of nitrogens with zero attached hydrogens (tertiary/aromatic N) is 1. The van der Waals surface area contributed by atoms with Crippen molar-refractivity contribution in [3.63, 3.8) is 0 Å². The van der Waals surface area contributed by atoms with Gasteiger partial charge < -0.3 is 14.8 Å². The third kappa shape index (κ3) is 5.26. The van der Waals surface area contributed by atoms with Crippen molar-refractivity contribution >= 4 is 6.09 Å². The van der Waals surface area contributed by atoms with E-state index in [4.69, 9.17) is 9.47 Å². The largest absolute Gasteiger partial charge is 0.444 e. The third-order valence-corrected chi connectivity index (χ3v) is 4.42. The highest BCUT2D eigenvalue weighted by Crippen LogP contribution is 2.36. The number of halogens is 3. The lowest BCUT2D eigenvalue weighted by Crippen LogP contribution is -2.36.